The Kier molecular flexibility index (Phi) is 7.11. The van der Waals surface area contributed by atoms with E-state index in [-0.39, 0.29) is 5.91 Å². The van der Waals surface area contributed by atoms with Crippen LogP contribution in [-0.4, -0.2) is 65.1 Å². The maximum Gasteiger partial charge on any atom is 0.217 e. The molecule has 1 aliphatic heterocycles. The minimum absolute atomic E-state index is 0.355. The van der Waals surface area contributed by atoms with Gasteiger partial charge in [-0.15, -0.1) is 6.58 Å². The van der Waals surface area contributed by atoms with Crippen LogP contribution in [0.2, 0.25) is 0 Å². The minimum Gasteiger partial charge on any atom is -0.394 e. The van der Waals surface area contributed by atoms with Gasteiger partial charge in [-0.3, -0.25) is 4.79 Å². The lowest BCUT2D eigenvalue weighted by atomic mass is 9.97. The van der Waals surface area contributed by atoms with Gasteiger partial charge in [-0.2, -0.15) is 0 Å². The number of amides is 1. The van der Waals surface area contributed by atoms with Gasteiger partial charge in [0.15, 0.2) is 6.29 Å². The summed E-state index contributed by atoms with van der Waals surface area (Å²) in [5.41, 5.74) is 0. The molecular weight excluding hydrogens is 266 g/mol. The molecule has 7 nitrogen and oxygen atoms in total. The van der Waals surface area contributed by atoms with Gasteiger partial charge in [-0.05, 0) is 12.8 Å². The fraction of sp³-hybridized carbons (Fsp3) is 0.769. The van der Waals surface area contributed by atoms with Crippen molar-refractivity contribution in [1.82, 2.24) is 5.32 Å². The Morgan fingerprint density at radius 2 is 2.15 bits per heavy atom. The summed E-state index contributed by atoms with van der Waals surface area (Å²) >= 11 is 0. The van der Waals surface area contributed by atoms with Crippen LogP contribution < -0.4 is 5.32 Å². The number of aliphatic hydroxyl groups is 3. The lowest BCUT2D eigenvalue weighted by Crippen LogP contribution is -2.64. The number of hydrogen-bond acceptors (Lipinski definition) is 6. The monoisotopic (exact) mass is 289 g/mol. The first-order valence-electron chi connectivity index (χ1n) is 6.63. The van der Waals surface area contributed by atoms with Crippen LogP contribution in [-0.2, 0) is 14.3 Å². The van der Waals surface area contributed by atoms with Crippen LogP contribution in [0.4, 0.5) is 0 Å². The molecule has 0 aromatic carbocycles. The Hall–Kier alpha value is -0.990. The molecule has 1 rings (SSSR count). The number of unbranched alkanes of at least 4 members (excludes halogenated alkanes) is 1. The smallest absolute Gasteiger partial charge is 0.217 e. The first kappa shape index (κ1) is 17.1. The first-order valence-corrected chi connectivity index (χ1v) is 6.63. The van der Waals surface area contributed by atoms with E-state index in [0.29, 0.717) is 6.61 Å². The molecule has 1 amide bonds. The van der Waals surface area contributed by atoms with Crippen molar-refractivity contribution in [3.05, 3.63) is 12.7 Å². The van der Waals surface area contributed by atoms with E-state index in [1.807, 2.05) is 0 Å². The van der Waals surface area contributed by atoms with Gasteiger partial charge < -0.3 is 30.1 Å². The first-order chi connectivity index (χ1) is 9.51. The topological polar surface area (TPSA) is 108 Å². The second kappa shape index (κ2) is 8.33. The van der Waals surface area contributed by atoms with Crippen LogP contribution in [0.1, 0.15) is 19.8 Å². The summed E-state index contributed by atoms with van der Waals surface area (Å²) in [6.07, 6.45) is -1.17. The van der Waals surface area contributed by atoms with E-state index in [2.05, 4.69) is 11.9 Å². The molecule has 0 unspecified atom stereocenters. The molecule has 1 aliphatic rings. The Balaban J connectivity index is 2.67. The molecule has 0 aromatic rings. The third-order valence-corrected chi connectivity index (χ3v) is 3.09. The highest BCUT2D eigenvalue weighted by molar-refractivity contribution is 5.73. The number of hydrogen-bond donors (Lipinski definition) is 4. The van der Waals surface area contributed by atoms with Crippen molar-refractivity contribution >= 4 is 5.91 Å². The molecule has 1 saturated heterocycles. The van der Waals surface area contributed by atoms with Crippen LogP contribution >= 0.6 is 0 Å². The third-order valence-electron chi connectivity index (χ3n) is 3.09. The second-order valence-electron chi connectivity index (χ2n) is 4.73. The van der Waals surface area contributed by atoms with E-state index in [1.54, 1.807) is 6.08 Å². The quantitative estimate of drug-likeness (QED) is 0.350. The summed E-state index contributed by atoms with van der Waals surface area (Å²) < 4.78 is 10.9. The van der Waals surface area contributed by atoms with Crippen molar-refractivity contribution < 1.29 is 29.6 Å². The third kappa shape index (κ3) is 4.53. The Morgan fingerprint density at radius 3 is 2.70 bits per heavy atom. The molecule has 1 fully saturated rings. The SMILES string of the molecule is C=CCCCO[C@@H]1O[C@H](CO)[C@@H](O)[C@H](O)[C@H]1NC(C)=O. The molecule has 5 atom stereocenters. The van der Waals surface area contributed by atoms with Gasteiger partial charge in [0.1, 0.15) is 24.4 Å². The maximum atomic E-state index is 11.2. The lowest BCUT2D eigenvalue weighted by Gasteiger charge is -2.42. The maximum absolute atomic E-state index is 11.2. The van der Waals surface area contributed by atoms with Crippen LogP contribution in [0.5, 0.6) is 0 Å². The highest BCUT2D eigenvalue weighted by atomic mass is 16.7. The average Bonchev–Trinajstić information content (AvgIpc) is 2.41. The average molecular weight is 289 g/mol. The van der Waals surface area contributed by atoms with Crippen molar-refractivity contribution in [3.63, 3.8) is 0 Å². The van der Waals surface area contributed by atoms with Gasteiger partial charge in [-0.25, -0.2) is 0 Å². The van der Waals surface area contributed by atoms with Gasteiger partial charge in [0, 0.05) is 6.92 Å². The summed E-state index contributed by atoms with van der Waals surface area (Å²) in [4.78, 5) is 11.2. The van der Waals surface area contributed by atoms with E-state index in [1.165, 1.54) is 6.92 Å². The van der Waals surface area contributed by atoms with E-state index in [9.17, 15) is 15.0 Å². The number of carbonyl (C=O) groups is 1. The second-order valence-corrected chi connectivity index (χ2v) is 4.73. The van der Waals surface area contributed by atoms with Crippen LogP contribution in [0, 0.1) is 0 Å². The zero-order valence-electron chi connectivity index (χ0n) is 11.6. The van der Waals surface area contributed by atoms with E-state index < -0.39 is 37.3 Å². The predicted octanol–water partition coefficient (Wildman–Crippen LogP) is -1.09. The Morgan fingerprint density at radius 1 is 1.45 bits per heavy atom. The molecule has 116 valence electrons. The Labute approximate surface area is 118 Å². The van der Waals surface area contributed by atoms with Gasteiger partial charge >= 0.3 is 0 Å². The zero-order chi connectivity index (χ0) is 15.1. The summed E-state index contributed by atoms with van der Waals surface area (Å²) in [6, 6.07) is -0.881. The molecule has 20 heavy (non-hydrogen) atoms. The number of allylic oxidation sites excluding steroid dienone is 1. The number of carbonyl (C=O) groups excluding carboxylic acids is 1. The number of aliphatic hydroxyl groups excluding tert-OH is 3. The van der Waals surface area contributed by atoms with Gasteiger partial charge in [0.05, 0.1) is 13.2 Å². The minimum atomic E-state index is -1.29. The van der Waals surface area contributed by atoms with E-state index >= 15 is 0 Å². The summed E-state index contributed by atoms with van der Waals surface area (Å²) in [6.45, 7) is 4.80. The molecule has 0 saturated carbocycles. The molecule has 0 radical (unpaired) electrons. The summed E-state index contributed by atoms with van der Waals surface area (Å²) in [7, 11) is 0. The molecule has 7 heteroatoms. The van der Waals surface area contributed by atoms with Gasteiger partial charge in [0.25, 0.3) is 0 Å². The van der Waals surface area contributed by atoms with Crippen LogP contribution in [0.3, 0.4) is 0 Å². The number of ether oxygens (including phenoxy) is 2. The molecule has 0 aliphatic carbocycles. The van der Waals surface area contributed by atoms with Crippen molar-refractivity contribution in [2.24, 2.45) is 0 Å². The van der Waals surface area contributed by atoms with Crippen molar-refractivity contribution in [2.45, 2.75) is 50.4 Å². The van der Waals surface area contributed by atoms with Crippen molar-refractivity contribution in [3.8, 4) is 0 Å². The van der Waals surface area contributed by atoms with Gasteiger partial charge in [0.2, 0.25) is 5.91 Å². The van der Waals surface area contributed by atoms with Crippen molar-refractivity contribution in [1.29, 1.82) is 0 Å². The lowest BCUT2D eigenvalue weighted by molar-refractivity contribution is -0.270. The highest BCUT2D eigenvalue weighted by Gasteiger charge is 2.45. The van der Waals surface area contributed by atoms with Crippen LogP contribution in [0.25, 0.3) is 0 Å². The summed E-state index contributed by atoms with van der Waals surface area (Å²) in [5.74, 6) is -0.369. The van der Waals surface area contributed by atoms with Gasteiger partial charge in [-0.1, -0.05) is 6.08 Å². The number of nitrogens with one attached hydrogen (secondary N) is 1. The molecule has 4 N–H and O–H groups in total. The van der Waals surface area contributed by atoms with Crippen molar-refractivity contribution in [2.75, 3.05) is 13.2 Å². The van der Waals surface area contributed by atoms with E-state index in [4.69, 9.17) is 14.6 Å². The number of rotatable bonds is 7. The molecule has 1 heterocycles. The zero-order valence-corrected chi connectivity index (χ0v) is 11.6. The molecule has 0 aromatic heterocycles. The largest absolute Gasteiger partial charge is 0.394 e. The standard InChI is InChI=1S/C13H23NO6/c1-3-4-5-6-19-13-10(14-8(2)16)12(18)11(17)9(7-15)20-13/h3,9-13,15,17-18H,1,4-7H2,2H3,(H,14,16)/t9-,10-,11-,12-,13-/m1/s1. The van der Waals surface area contributed by atoms with Crippen LogP contribution in [0.15, 0.2) is 12.7 Å². The molecule has 0 spiro atoms. The predicted molar refractivity (Wildman–Crippen MR) is 70.7 cm³/mol. The normalized spacial score (nSPS) is 33.7. The highest BCUT2D eigenvalue weighted by Crippen LogP contribution is 2.22. The fourth-order valence-electron chi connectivity index (χ4n) is 2.04. The summed E-state index contributed by atoms with van der Waals surface area (Å²) in [5, 5.41) is 31.4. The molecular formula is C13H23NO6. The fourth-order valence-corrected chi connectivity index (χ4v) is 2.04. The Bertz CT molecular complexity index is 324. The molecule has 0 bridgehead atoms. The van der Waals surface area contributed by atoms with E-state index in [0.717, 1.165) is 12.8 Å².